The van der Waals surface area contributed by atoms with Crippen molar-refractivity contribution >= 4 is 40.4 Å². The van der Waals surface area contributed by atoms with Gasteiger partial charge in [-0.2, -0.15) is 5.10 Å². The Kier molecular flexibility index (Phi) is 5.15. The number of halogens is 2. The van der Waals surface area contributed by atoms with Crippen molar-refractivity contribution in [1.29, 1.82) is 0 Å². The van der Waals surface area contributed by atoms with E-state index >= 15 is 0 Å². The van der Waals surface area contributed by atoms with Crippen LogP contribution < -0.4 is 10.1 Å². The van der Waals surface area contributed by atoms with Crippen molar-refractivity contribution in [3.8, 4) is 5.75 Å². The summed E-state index contributed by atoms with van der Waals surface area (Å²) in [6, 6.07) is 6.08. The lowest BCUT2D eigenvalue weighted by molar-refractivity contribution is -0.118. The summed E-state index contributed by atoms with van der Waals surface area (Å²) in [5.41, 5.74) is 0.947. The van der Waals surface area contributed by atoms with Crippen LogP contribution in [0, 0.1) is 11.7 Å². The second kappa shape index (κ2) is 7.20. The van der Waals surface area contributed by atoms with Gasteiger partial charge in [-0.1, -0.05) is 29.9 Å². The molecule has 1 aliphatic rings. The number of amides is 1. The van der Waals surface area contributed by atoms with Crippen molar-refractivity contribution in [3.05, 3.63) is 40.9 Å². The predicted octanol–water partition coefficient (Wildman–Crippen LogP) is 2.83. The number of rotatable bonds is 4. The molecule has 3 rings (SSSR count). The van der Waals surface area contributed by atoms with E-state index in [1.54, 1.807) is 23.9 Å². The minimum absolute atomic E-state index is 0.0180. The first-order chi connectivity index (χ1) is 12.3. The summed E-state index contributed by atoms with van der Waals surface area (Å²) in [6.45, 7) is 0.546. The van der Waals surface area contributed by atoms with E-state index in [4.69, 9.17) is 28.6 Å². The number of carbonyl (C=O) groups is 1. The Morgan fingerprint density at radius 2 is 2.19 bits per heavy atom. The van der Waals surface area contributed by atoms with Crippen molar-refractivity contribution in [3.63, 3.8) is 0 Å². The lowest BCUT2D eigenvalue weighted by Crippen LogP contribution is -2.31. The lowest BCUT2D eigenvalue weighted by atomic mass is 9.92. The van der Waals surface area contributed by atoms with Crippen molar-refractivity contribution in [2.24, 2.45) is 13.0 Å². The molecule has 0 saturated carbocycles. The average Bonchev–Trinajstić information content (AvgIpc) is 3.07. The van der Waals surface area contributed by atoms with Gasteiger partial charge >= 0.3 is 0 Å². The first-order valence-corrected chi connectivity index (χ1v) is 8.70. The minimum atomic E-state index is -0.617. The van der Waals surface area contributed by atoms with E-state index in [2.05, 4.69) is 10.4 Å². The van der Waals surface area contributed by atoms with Crippen LogP contribution in [0.4, 0.5) is 10.1 Å². The highest BCUT2D eigenvalue weighted by Crippen LogP contribution is 2.36. The lowest BCUT2D eigenvalue weighted by Gasteiger charge is -2.18. The number of thiocarbonyl (C=S) groups is 1. The van der Waals surface area contributed by atoms with E-state index in [9.17, 15) is 9.18 Å². The fourth-order valence-electron chi connectivity index (χ4n) is 3.13. The number of methoxy groups -OCH3 is 1. The molecule has 0 radical (unpaired) electrons. The Hall–Kier alpha value is -2.19. The topological polar surface area (TPSA) is 59.4 Å². The molecule has 1 aromatic heterocycles. The van der Waals surface area contributed by atoms with Crippen LogP contribution in [0.2, 0.25) is 5.15 Å². The van der Waals surface area contributed by atoms with Gasteiger partial charge < -0.3 is 15.0 Å². The maximum atomic E-state index is 13.9. The van der Waals surface area contributed by atoms with Gasteiger partial charge in [0, 0.05) is 26.6 Å². The van der Waals surface area contributed by atoms with Gasteiger partial charge in [0.25, 0.3) is 0 Å². The van der Waals surface area contributed by atoms with E-state index < -0.39 is 11.7 Å². The number of anilines is 1. The standard InChI is InChI=1S/C17H18ClFN4O2S/c1-22-8-9(12-7-13(18)23(2)21-12)14(17(22)26)16(24)20-11-6-4-5-10(19)15(11)25-3/h4-7,9,14H,8H2,1-3H3,(H,20,24)/t9-,14+/m1/s1. The fourth-order valence-corrected chi connectivity index (χ4v) is 3.63. The molecule has 2 aromatic rings. The largest absolute Gasteiger partial charge is 0.492 e. The predicted molar refractivity (Wildman–Crippen MR) is 101 cm³/mol. The third-order valence-corrected chi connectivity index (χ3v) is 5.37. The van der Waals surface area contributed by atoms with Crippen LogP contribution in [0.25, 0.3) is 0 Å². The van der Waals surface area contributed by atoms with Gasteiger partial charge in [-0.3, -0.25) is 9.48 Å². The Bertz CT molecular complexity index is 853. The highest BCUT2D eigenvalue weighted by atomic mass is 35.5. The quantitative estimate of drug-likeness (QED) is 0.805. The van der Waals surface area contributed by atoms with Crippen LogP contribution in [-0.2, 0) is 11.8 Å². The van der Waals surface area contributed by atoms with Crippen molar-refractivity contribution in [2.75, 3.05) is 26.0 Å². The molecule has 0 unspecified atom stereocenters. The third kappa shape index (κ3) is 3.26. The Morgan fingerprint density at radius 3 is 2.81 bits per heavy atom. The van der Waals surface area contributed by atoms with Crippen molar-refractivity contribution in [2.45, 2.75) is 5.92 Å². The summed E-state index contributed by atoms with van der Waals surface area (Å²) in [7, 11) is 4.91. The van der Waals surface area contributed by atoms with Crippen LogP contribution in [-0.4, -0.2) is 46.3 Å². The maximum Gasteiger partial charge on any atom is 0.235 e. The molecule has 26 heavy (non-hydrogen) atoms. The molecule has 0 aliphatic carbocycles. The van der Waals surface area contributed by atoms with E-state index in [1.165, 1.54) is 19.2 Å². The van der Waals surface area contributed by atoms with Crippen molar-refractivity contribution < 1.29 is 13.9 Å². The molecule has 2 atom stereocenters. The van der Waals surface area contributed by atoms with Gasteiger partial charge in [-0.05, 0) is 18.2 Å². The van der Waals surface area contributed by atoms with Gasteiger partial charge in [0.05, 0.1) is 29.4 Å². The van der Waals surface area contributed by atoms with Gasteiger partial charge in [0.1, 0.15) is 5.15 Å². The molecule has 1 aromatic carbocycles. The number of ether oxygens (including phenoxy) is 1. The van der Waals surface area contributed by atoms with Gasteiger partial charge in [-0.15, -0.1) is 0 Å². The van der Waals surface area contributed by atoms with Crippen LogP contribution in [0.15, 0.2) is 24.3 Å². The first kappa shape index (κ1) is 18.6. The number of carbonyl (C=O) groups excluding carboxylic acids is 1. The number of hydrogen-bond acceptors (Lipinski definition) is 4. The molecular weight excluding hydrogens is 379 g/mol. The second-order valence-corrected chi connectivity index (χ2v) is 6.93. The summed E-state index contributed by atoms with van der Waals surface area (Å²) in [4.78, 5) is 15.3. The van der Waals surface area contributed by atoms with Crippen LogP contribution in [0.5, 0.6) is 5.75 Å². The van der Waals surface area contributed by atoms with E-state index in [0.29, 0.717) is 22.4 Å². The van der Waals surface area contributed by atoms with E-state index in [1.807, 2.05) is 11.9 Å². The number of aromatic nitrogens is 2. The number of likely N-dealkylation sites (tertiary alicyclic amines) is 1. The minimum Gasteiger partial charge on any atom is -0.492 e. The zero-order valence-electron chi connectivity index (χ0n) is 14.5. The number of aryl methyl sites for hydroxylation is 1. The zero-order valence-corrected chi connectivity index (χ0v) is 16.1. The summed E-state index contributed by atoms with van der Waals surface area (Å²) in [6.07, 6.45) is 0. The summed E-state index contributed by atoms with van der Waals surface area (Å²) < 4.78 is 20.5. The fraction of sp³-hybridized carbons (Fsp3) is 0.353. The maximum absolute atomic E-state index is 13.9. The average molecular weight is 397 g/mol. The van der Waals surface area contributed by atoms with E-state index in [-0.39, 0.29) is 23.3 Å². The van der Waals surface area contributed by atoms with Crippen LogP contribution in [0.1, 0.15) is 11.6 Å². The number of benzene rings is 1. The van der Waals surface area contributed by atoms with Crippen molar-refractivity contribution in [1.82, 2.24) is 14.7 Å². The van der Waals surface area contributed by atoms with Crippen LogP contribution >= 0.6 is 23.8 Å². The van der Waals surface area contributed by atoms with Gasteiger partial charge in [-0.25, -0.2) is 4.39 Å². The smallest absolute Gasteiger partial charge is 0.235 e. The molecule has 1 N–H and O–H groups in total. The third-order valence-electron chi connectivity index (χ3n) is 4.45. The molecule has 2 heterocycles. The second-order valence-electron chi connectivity index (χ2n) is 6.13. The molecule has 6 nitrogen and oxygen atoms in total. The molecule has 0 spiro atoms. The van der Waals surface area contributed by atoms with Gasteiger partial charge in [0.15, 0.2) is 11.6 Å². The number of nitrogens with zero attached hydrogens (tertiary/aromatic N) is 3. The Labute approximate surface area is 160 Å². The van der Waals surface area contributed by atoms with E-state index in [0.717, 1.165) is 0 Å². The summed E-state index contributed by atoms with van der Waals surface area (Å²) in [5.74, 6) is -1.77. The number of likely N-dealkylation sites (N-methyl/N-ethyl adjacent to an activating group) is 1. The summed E-state index contributed by atoms with van der Waals surface area (Å²) >= 11 is 11.5. The molecule has 1 fully saturated rings. The SMILES string of the molecule is COc1c(F)cccc1NC(=O)[C@H]1C(=S)N(C)C[C@@H]1c1cc(Cl)n(C)n1. The monoisotopic (exact) mass is 396 g/mol. The molecule has 138 valence electrons. The molecular formula is C17H18ClFN4O2S. The Morgan fingerprint density at radius 1 is 1.46 bits per heavy atom. The summed E-state index contributed by atoms with van der Waals surface area (Å²) in [5, 5.41) is 7.59. The molecule has 9 heteroatoms. The first-order valence-electron chi connectivity index (χ1n) is 7.91. The number of para-hydroxylation sites is 1. The van der Waals surface area contributed by atoms with Gasteiger partial charge in [0.2, 0.25) is 5.91 Å². The molecule has 0 bridgehead atoms. The normalized spacial score (nSPS) is 19.7. The highest BCUT2D eigenvalue weighted by molar-refractivity contribution is 7.80. The molecule has 1 amide bonds. The molecule has 1 saturated heterocycles. The molecule has 1 aliphatic heterocycles. The Balaban J connectivity index is 1.91. The van der Waals surface area contributed by atoms with Crippen LogP contribution in [0.3, 0.4) is 0 Å². The number of nitrogens with one attached hydrogen (secondary N) is 1. The number of hydrogen-bond donors (Lipinski definition) is 1. The zero-order chi connectivity index (χ0) is 19.0. The highest BCUT2D eigenvalue weighted by Gasteiger charge is 2.43.